The molecule has 0 saturated heterocycles. The smallest absolute Gasteiger partial charge is 0.161 e. The number of rotatable bonds is 5. The molecule has 0 aromatic carbocycles. The van der Waals surface area contributed by atoms with Gasteiger partial charge in [0, 0.05) is 12.3 Å². The number of aromatic nitrogens is 3. The average molecular weight is 315 g/mol. The quantitative estimate of drug-likeness (QED) is 0.843. The Morgan fingerprint density at radius 2 is 2.00 bits per heavy atom. The lowest BCUT2D eigenvalue weighted by atomic mass is 9.84. The van der Waals surface area contributed by atoms with Crippen LogP contribution in [-0.4, -0.2) is 26.5 Å². The molecule has 5 heteroatoms. The molecule has 1 fully saturated rings. The van der Waals surface area contributed by atoms with Crippen molar-refractivity contribution in [2.24, 2.45) is 5.92 Å². The lowest BCUT2D eigenvalue weighted by Gasteiger charge is -2.28. The van der Waals surface area contributed by atoms with Crippen LogP contribution in [0.3, 0.4) is 0 Å². The predicted octanol–water partition coefficient (Wildman–Crippen LogP) is 3.77. The van der Waals surface area contributed by atoms with Crippen molar-refractivity contribution in [2.45, 2.75) is 64.9 Å². The number of hydrogen-bond acceptors (Lipinski definition) is 4. The summed E-state index contributed by atoms with van der Waals surface area (Å²) in [5, 5.41) is 8.44. The number of pyridine rings is 1. The third-order valence-corrected chi connectivity index (χ3v) is 4.59. The summed E-state index contributed by atoms with van der Waals surface area (Å²) in [4.78, 5) is 11.2. The van der Waals surface area contributed by atoms with Gasteiger partial charge in [-0.25, -0.2) is 0 Å². The van der Waals surface area contributed by atoms with Gasteiger partial charge in [0.05, 0.1) is 12.3 Å². The third-order valence-electron chi connectivity index (χ3n) is 4.59. The number of nitrogens with zero attached hydrogens (tertiary/aromatic N) is 3. The molecule has 124 valence electrons. The molecule has 0 spiro atoms. The van der Waals surface area contributed by atoms with E-state index in [9.17, 15) is 4.79 Å². The predicted molar refractivity (Wildman–Crippen MR) is 88.7 cm³/mol. The molecule has 2 aromatic heterocycles. The number of ether oxygens (including phenoxy) is 1. The summed E-state index contributed by atoms with van der Waals surface area (Å²) < 4.78 is 8.17. The molecule has 0 bridgehead atoms. The van der Waals surface area contributed by atoms with Gasteiger partial charge in [-0.2, -0.15) is 0 Å². The van der Waals surface area contributed by atoms with E-state index in [-0.39, 0.29) is 6.10 Å². The number of carbonyl (C=O) groups is 1. The molecule has 5 nitrogen and oxygen atoms in total. The second-order valence-electron chi connectivity index (χ2n) is 6.97. The second-order valence-corrected chi connectivity index (χ2v) is 6.97. The standard InChI is InChI=1S/C18H25N3O2/c1-12(2)18-20-19-17-9-8-16(11-21(17)18)23-15-6-4-14(5-7-15)10-13(3)22/h8-9,11-12,14-15H,4-7,10H2,1-3H3/t14-,15-. The average Bonchev–Trinajstić information content (AvgIpc) is 2.92. The largest absolute Gasteiger partial charge is 0.489 e. The van der Waals surface area contributed by atoms with Crippen LogP contribution in [0.5, 0.6) is 5.75 Å². The summed E-state index contributed by atoms with van der Waals surface area (Å²) in [5.74, 6) is 2.99. The third kappa shape index (κ3) is 3.71. The number of hydrogen-bond donors (Lipinski definition) is 0. The molecule has 23 heavy (non-hydrogen) atoms. The minimum absolute atomic E-state index is 0.245. The van der Waals surface area contributed by atoms with Gasteiger partial charge in [0.15, 0.2) is 5.65 Å². The second kappa shape index (κ2) is 6.69. The van der Waals surface area contributed by atoms with Crippen LogP contribution in [0.15, 0.2) is 18.3 Å². The first-order valence-corrected chi connectivity index (χ1v) is 8.53. The van der Waals surface area contributed by atoms with Crippen LogP contribution in [0.1, 0.15) is 64.6 Å². The van der Waals surface area contributed by atoms with Gasteiger partial charge >= 0.3 is 0 Å². The Kier molecular flexibility index (Phi) is 4.64. The SMILES string of the molecule is CC(=O)C[C@H]1CC[C@H](Oc2ccc3nnc(C(C)C)n3c2)CC1. The molecule has 0 radical (unpaired) electrons. The van der Waals surface area contributed by atoms with Gasteiger partial charge in [-0.3, -0.25) is 4.40 Å². The van der Waals surface area contributed by atoms with Crippen LogP contribution in [0.25, 0.3) is 5.65 Å². The van der Waals surface area contributed by atoms with Gasteiger partial charge in [0.1, 0.15) is 17.4 Å². The maximum absolute atomic E-state index is 11.2. The molecular weight excluding hydrogens is 290 g/mol. The molecule has 1 saturated carbocycles. The normalized spacial score (nSPS) is 21.7. The van der Waals surface area contributed by atoms with E-state index in [1.807, 2.05) is 22.7 Å². The minimum Gasteiger partial charge on any atom is -0.489 e. The van der Waals surface area contributed by atoms with Crippen molar-refractivity contribution in [3.8, 4) is 5.75 Å². The van der Waals surface area contributed by atoms with E-state index in [1.54, 1.807) is 6.92 Å². The monoisotopic (exact) mass is 315 g/mol. The maximum Gasteiger partial charge on any atom is 0.161 e. The maximum atomic E-state index is 11.2. The van der Waals surface area contributed by atoms with E-state index in [0.717, 1.165) is 49.3 Å². The first kappa shape index (κ1) is 16.0. The summed E-state index contributed by atoms with van der Waals surface area (Å²) in [6.45, 7) is 5.91. The number of carbonyl (C=O) groups excluding carboxylic acids is 1. The van der Waals surface area contributed by atoms with Crippen molar-refractivity contribution in [3.63, 3.8) is 0 Å². The van der Waals surface area contributed by atoms with Gasteiger partial charge in [-0.15, -0.1) is 10.2 Å². The molecule has 3 rings (SSSR count). The Labute approximate surface area is 137 Å². The lowest BCUT2D eigenvalue weighted by molar-refractivity contribution is -0.118. The van der Waals surface area contributed by atoms with Crippen molar-refractivity contribution in [2.75, 3.05) is 0 Å². The Morgan fingerprint density at radius 3 is 2.65 bits per heavy atom. The van der Waals surface area contributed by atoms with Crippen LogP contribution in [0.2, 0.25) is 0 Å². The van der Waals surface area contributed by atoms with Crippen LogP contribution in [0.4, 0.5) is 0 Å². The topological polar surface area (TPSA) is 56.5 Å². The van der Waals surface area contributed by atoms with Crippen molar-refractivity contribution in [1.29, 1.82) is 0 Å². The summed E-state index contributed by atoms with van der Waals surface area (Å²) >= 11 is 0. The van der Waals surface area contributed by atoms with Crippen molar-refractivity contribution < 1.29 is 9.53 Å². The summed E-state index contributed by atoms with van der Waals surface area (Å²) in [6.07, 6.45) is 7.16. The minimum atomic E-state index is 0.245. The fourth-order valence-corrected chi connectivity index (χ4v) is 3.41. The Hall–Kier alpha value is -1.91. The molecule has 0 aliphatic heterocycles. The molecule has 0 unspecified atom stereocenters. The van der Waals surface area contributed by atoms with E-state index in [1.165, 1.54) is 0 Å². The highest BCUT2D eigenvalue weighted by Gasteiger charge is 2.23. The molecule has 0 atom stereocenters. The zero-order valence-corrected chi connectivity index (χ0v) is 14.2. The van der Waals surface area contributed by atoms with Crippen molar-refractivity contribution in [1.82, 2.24) is 14.6 Å². The van der Waals surface area contributed by atoms with Gasteiger partial charge in [-0.05, 0) is 50.7 Å². The Bertz CT molecular complexity index is 685. The van der Waals surface area contributed by atoms with E-state index in [2.05, 4.69) is 24.0 Å². The fourth-order valence-electron chi connectivity index (χ4n) is 3.41. The molecular formula is C18H25N3O2. The van der Waals surface area contributed by atoms with Gasteiger partial charge in [-0.1, -0.05) is 13.8 Å². The van der Waals surface area contributed by atoms with Crippen molar-refractivity contribution in [3.05, 3.63) is 24.2 Å². The fraction of sp³-hybridized carbons (Fsp3) is 0.611. The van der Waals surface area contributed by atoms with Gasteiger partial charge in [0.25, 0.3) is 0 Å². The number of Topliss-reactive ketones (excluding diaryl/α,β-unsaturated/α-hetero) is 1. The van der Waals surface area contributed by atoms with Crippen LogP contribution in [-0.2, 0) is 4.79 Å². The van der Waals surface area contributed by atoms with Gasteiger partial charge in [0.2, 0.25) is 0 Å². The van der Waals surface area contributed by atoms with E-state index in [4.69, 9.17) is 4.74 Å². The van der Waals surface area contributed by atoms with E-state index < -0.39 is 0 Å². The highest BCUT2D eigenvalue weighted by molar-refractivity contribution is 5.75. The van der Waals surface area contributed by atoms with Crippen molar-refractivity contribution >= 4 is 11.4 Å². The zero-order chi connectivity index (χ0) is 16.4. The van der Waals surface area contributed by atoms with E-state index >= 15 is 0 Å². The molecule has 1 aliphatic rings. The molecule has 0 N–H and O–H groups in total. The summed E-state index contributed by atoms with van der Waals surface area (Å²) in [7, 11) is 0. The van der Waals surface area contributed by atoms with Crippen LogP contribution >= 0.6 is 0 Å². The van der Waals surface area contributed by atoms with Gasteiger partial charge < -0.3 is 9.53 Å². The Balaban J connectivity index is 1.66. The van der Waals surface area contributed by atoms with E-state index in [0.29, 0.717) is 17.6 Å². The number of fused-ring (bicyclic) bond motifs is 1. The van der Waals surface area contributed by atoms with Crippen LogP contribution in [0, 0.1) is 5.92 Å². The lowest BCUT2D eigenvalue weighted by Crippen LogP contribution is -2.25. The first-order valence-electron chi connectivity index (χ1n) is 8.53. The summed E-state index contributed by atoms with van der Waals surface area (Å²) in [6, 6.07) is 3.92. The zero-order valence-electron chi connectivity index (χ0n) is 14.2. The van der Waals surface area contributed by atoms with Crippen LogP contribution < -0.4 is 4.74 Å². The summed E-state index contributed by atoms with van der Waals surface area (Å²) in [5.41, 5.74) is 0.853. The molecule has 2 aromatic rings. The highest BCUT2D eigenvalue weighted by atomic mass is 16.5. The molecule has 2 heterocycles. The highest BCUT2D eigenvalue weighted by Crippen LogP contribution is 2.30. The number of ketones is 1. The first-order chi connectivity index (χ1) is 11.0. The Morgan fingerprint density at radius 1 is 1.26 bits per heavy atom. The molecule has 0 amide bonds. The molecule has 1 aliphatic carbocycles.